The first-order valence-electron chi connectivity index (χ1n) is 8.13. The molecule has 1 heterocycles. The van der Waals surface area contributed by atoms with E-state index in [-0.39, 0.29) is 12.5 Å². The van der Waals surface area contributed by atoms with Gasteiger partial charge in [-0.25, -0.2) is 4.79 Å². The molecular weight excluding hydrogens is 326 g/mol. The predicted octanol–water partition coefficient (Wildman–Crippen LogP) is 3.24. The molecule has 7 heteroatoms. The molecule has 7 nitrogen and oxygen atoms in total. The highest BCUT2D eigenvalue weighted by molar-refractivity contribution is 5.72. The van der Waals surface area contributed by atoms with Crippen LogP contribution in [0.2, 0.25) is 0 Å². The van der Waals surface area contributed by atoms with E-state index < -0.39 is 23.7 Å². The van der Waals surface area contributed by atoms with Crippen LogP contribution >= 0.6 is 0 Å². The second kappa shape index (κ2) is 7.74. The van der Waals surface area contributed by atoms with Crippen LogP contribution in [0.1, 0.15) is 45.3 Å². The van der Waals surface area contributed by atoms with E-state index in [1.807, 2.05) is 24.3 Å². The molecule has 0 aliphatic carbocycles. The van der Waals surface area contributed by atoms with Gasteiger partial charge in [-0.05, 0) is 38.5 Å². The van der Waals surface area contributed by atoms with Crippen molar-refractivity contribution in [2.45, 2.75) is 51.4 Å². The monoisotopic (exact) mass is 351 g/mol. The highest BCUT2D eigenvalue weighted by atomic mass is 16.7. The molecule has 2 rings (SSSR count). The summed E-state index contributed by atoms with van der Waals surface area (Å²) in [6.45, 7) is 5.33. The number of rotatable bonds is 4. The van der Waals surface area contributed by atoms with Crippen molar-refractivity contribution in [2.75, 3.05) is 14.2 Å². The van der Waals surface area contributed by atoms with Crippen LogP contribution in [0.3, 0.4) is 0 Å². The number of nitrogens with zero attached hydrogens (tertiary/aromatic N) is 1. The van der Waals surface area contributed by atoms with Gasteiger partial charge in [0.1, 0.15) is 17.5 Å². The Hall–Kier alpha value is -2.28. The molecule has 138 valence electrons. The maximum absolute atomic E-state index is 12.4. The molecule has 25 heavy (non-hydrogen) atoms. The van der Waals surface area contributed by atoms with E-state index in [2.05, 4.69) is 0 Å². The summed E-state index contributed by atoms with van der Waals surface area (Å²) >= 11 is 0. The van der Waals surface area contributed by atoms with Crippen molar-refractivity contribution >= 4 is 12.1 Å². The summed E-state index contributed by atoms with van der Waals surface area (Å²) in [5.74, 6) is 0.328. The topological polar surface area (TPSA) is 74.3 Å². The summed E-state index contributed by atoms with van der Waals surface area (Å²) in [4.78, 5) is 29.9. The summed E-state index contributed by atoms with van der Waals surface area (Å²) in [6, 6.07) is 6.94. The van der Waals surface area contributed by atoms with Gasteiger partial charge in [0.25, 0.3) is 0 Å². The van der Waals surface area contributed by atoms with Crippen LogP contribution in [0.25, 0.3) is 0 Å². The van der Waals surface area contributed by atoms with Crippen molar-refractivity contribution in [3.8, 4) is 5.75 Å². The van der Waals surface area contributed by atoms with Crippen LogP contribution in [0.4, 0.5) is 4.79 Å². The van der Waals surface area contributed by atoms with Crippen LogP contribution in [0.15, 0.2) is 24.3 Å². The number of carbonyl (C=O) groups is 2. The number of hydrogen-bond acceptors (Lipinski definition) is 6. The standard InChI is InChI=1S/C18H25NO6/c1-18(2,3)24-17(21)19-13(11-16(20)23-5)10-15(25-19)12-6-8-14(22-4)9-7-12/h6-9,13,15H,10-11H2,1-5H3/t13-,15+/m1/s1. The Morgan fingerprint density at radius 1 is 1.20 bits per heavy atom. The minimum Gasteiger partial charge on any atom is -0.497 e. The minimum absolute atomic E-state index is 0.0440. The molecule has 1 aliphatic heterocycles. The van der Waals surface area contributed by atoms with Crippen LogP contribution in [0, 0.1) is 0 Å². The van der Waals surface area contributed by atoms with Gasteiger partial charge in [0, 0.05) is 6.42 Å². The first kappa shape index (κ1) is 19.1. The van der Waals surface area contributed by atoms with Crippen molar-refractivity contribution in [1.29, 1.82) is 0 Å². The van der Waals surface area contributed by atoms with E-state index in [4.69, 9.17) is 19.0 Å². The van der Waals surface area contributed by atoms with Gasteiger partial charge in [-0.2, -0.15) is 5.06 Å². The van der Waals surface area contributed by atoms with E-state index in [1.54, 1.807) is 27.9 Å². The van der Waals surface area contributed by atoms with Crippen LogP contribution in [-0.4, -0.2) is 43.0 Å². The van der Waals surface area contributed by atoms with Gasteiger partial charge in [-0.1, -0.05) is 12.1 Å². The number of ether oxygens (including phenoxy) is 3. The Bertz CT molecular complexity index is 607. The second-order valence-corrected chi connectivity index (χ2v) is 6.84. The molecule has 0 N–H and O–H groups in total. The molecule has 2 atom stereocenters. The van der Waals surface area contributed by atoms with E-state index in [9.17, 15) is 9.59 Å². The fourth-order valence-electron chi connectivity index (χ4n) is 2.57. The van der Waals surface area contributed by atoms with Gasteiger partial charge in [0.2, 0.25) is 0 Å². The summed E-state index contributed by atoms with van der Waals surface area (Å²) in [5, 5.41) is 1.15. The Kier molecular flexibility index (Phi) is 5.89. The molecule has 1 amide bonds. The Morgan fingerprint density at radius 2 is 1.84 bits per heavy atom. The number of hydrogen-bond donors (Lipinski definition) is 0. The minimum atomic E-state index is -0.658. The average molecular weight is 351 g/mol. The zero-order valence-electron chi connectivity index (χ0n) is 15.3. The summed E-state index contributed by atoms with van der Waals surface area (Å²) < 4.78 is 15.2. The van der Waals surface area contributed by atoms with Gasteiger partial charge in [0.05, 0.1) is 26.7 Å². The van der Waals surface area contributed by atoms with Gasteiger partial charge < -0.3 is 14.2 Å². The van der Waals surface area contributed by atoms with Crippen LogP contribution < -0.4 is 4.74 Å². The third-order valence-corrected chi connectivity index (χ3v) is 3.75. The Balaban J connectivity index is 2.16. The summed E-state index contributed by atoms with van der Waals surface area (Å²) in [5.41, 5.74) is 0.232. The molecule has 1 saturated heterocycles. The maximum atomic E-state index is 12.4. The number of esters is 1. The van der Waals surface area contributed by atoms with E-state index in [0.29, 0.717) is 6.42 Å². The molecule has 0 aromatic heterocycles. The SMILES string of the molecule is COC(=O)C[C@H]1C[C@@H](c2ccc(OC)cc2)ON1C(=O)OC(C)(C)C. The lowest BCUT2D eigenvalue weighted by Crippen LogP contribution is -2.40. The quantitative estimate of drug-likeness (QED) is 0.775. The van der Waals surface area contributed by atoms with Gasteiger partial charge in [0.15, 0.2) is 0 Å². The first-order chi connectivity index (χ1) is 11.7. The summed E-state index contributed by atoms with van der Waals surface area (Å²) in [7, 11) is 2.91. The molecular formula is C18H25NO6. The van der Waals surface area contributed by atoms with Crippen molar-refractivity contribution in [3.63, 3.8) is 0 Å². The van der Waals surface area contributed by atoms with Gasteiger partial charge in [-0.15, -0.1) is 0 Å². The average Bonchev–Trinajstić information content (AvgIpc) is 2.97. The molecule has 1 aromatic carbocycles. The molecule has 0 bridgehead atoms. The van der Waals surface area contributed by atoms with Crippen LogP contribution in [0.5, 0.6) is 5.75 Å². The highest BCUT2D eigenvalue weighted by Gasteiger charge is 2.41. The Labute approximate surface area is 147 Å². The molecule has 0 unspecified atom stereocenters. The van der Waals surface area contributed by atoms with Crippen LogP contribution in [-0.2, 0) is 19.1 Å². The normalized spacial score (nSPS) is 20.3. The molecule has 1 fully saturated rings. The van der Waals surface area contributed by atoms with Gasteiger partial charge in [-0.3, -0.25) is 9.63 Å². The van der Waals surface area contributed by atoms with E-state index in [1.165, 1.54) is 7.11 Å². The van der Waals surface area contributed by atoms with Crippen molar-refractivity contribution < 1.29 is 28.6 Å². The number of hydroxylamine groups is 2. The third-order valence-electron chi connectivity index (χ3n) is 3.75. The molecule has 1 aromatic rings. The lowest BCUT2D eigenvalue weighted by molar-refractivity contribution is -0.159. The lowest BCUT2D eigenvalue weighted by Gasteiger charge is -2.26. The zero-order chi connectivity index (χ0) is 18.6. The number of benzene rings is 1. The smallest absolute Gasteiger partial charge is 0.434 e. The largest absolute Gasteiger partial charge is 0.497 e. The van der Waals surface area contributed by atoms with E-state index >= 15 is 0 Å². The number of carbonyl (C=O) groups excluding carboxylic acids is 2. The van der Waals surface area contributed by atoms with Crippen molar-refractivity contribution in [3.05, 3.63) is 29.8 Å². The van der Waals surface area contributed by atoms with E-state index in [0.717, 1.165) is 16.4 Å². The first-order valence-corrected chi connectivity index (χ1v) is 8.13. The maximum Gasteiger partial charge on any atom is 0.434 e. The number of methoxy groups -OCH3 is 2. The molecule has 0 radical (unpaired) electrons. The fraction of sp³-hybridized carbons (Fsp3) is 0.556. The van der Waals surface area contributed by atoms with Crippen molar-refractivity contribution in [1.82, 2.24) is 5.06 Å². The van der Waals surface area contributed by atoms with Crippen molar-refractivity contribution in [2.24, 2.45) is 0 Å². The fourth-order valence-corrected chi connectivity index (χ4v) is 2.57. The second-order valence-electron chi connectivity index (χ2n) is 6.84. The Morgan fingerprint density at radius 3 is 2.36 bits per heavy atom. The molecule has 0 spiro atoms. The molecule has 0 saturated carbocycles. The molecule has 1 aliphatic rings. The summed E-state index contributed by atoms with van der Waals surface area (Å²) in [6.07, 6.45) is -0.450. The predicted molar refractivity (Wildman–Crippen MR) is 89.9 cm³/mol. The third kappa shape index (κ3) is 5.09. The highest BCUT2D eigenvalue weighted by Crippen LogP contribution is 2.36. The lowest BCUT2D eigenvalue weighted by atomic mass is 10.0. The number of amides is 1. The zero-order valence-corrected chi connectivity index (χ0v) is 15.3. The van der Waals surface area contributed by atoms with Gasteiger partial charge >= 0.3 is 12.1 Å².